The Balaban J connectivity index is 1.36. The molecule has 6 nitrogen and oxygen atoms in total. The van der Waals surface area contributed by atoms with Gasteiger partial charge in [0.15, 0.2) is 0 Å². The van der Waals surface area contributed by atoms with Crippen LogP contribution in [0.3, 0.4) is 0 Å². The van der Waals surface area contributed by atoms with Crippen molar-refractivity contribution < 1.29 is 4.79 Å². The SMILES string of the molecule is CCCCCCCCCCCCNc1ccc(C(=O)C(C)[Se]c2nnnn2-c2ccccc2)cc1. The van der Waals surface area contributed by atoms with E-state index in [0.717, 1.165) is 28.2 Å². The molecular formula is C28H39N5OSe. The van der Waals surface area contributed by atoms with E-state index in [0.29, 0.717) is 0 Å². The van der Waals surface area contributed by atoms with Crippen molar-refractivity contribution in [3.8, 4) is 5.69 Å². The number of unbranched alkanes of at least 4 members (excludes halogenated alkanes) is 9. The Bertz CT molecular complexity index is 990. The van der Waals surface area contributed by atoms with E-state index in [9.17, 15) is 4.79 Å². The third kappa shape index (κ3) is 9.23. The summed E-state index contributed by atoms with van der Waals surface area (Å²) in [5, 5.41) is 15.6. The predicted octanol–water partition coefficient (Wildman–Crippen LogP) is 6.02. The van der Waals surface area contributed by atoms with Gasteiger partial charge in [-0.1, -0.05) is 45.4 Å². The second-order valence-corrected chi connectivity index (χ2v) is 11.8. The number of para-hydroxylation sites is 1. The number of hydrogen-bond donors (Lipinski definition) is 1. The quantitative estimate of drug-likeness (QED) is 0.129. The number of carbonyl (C=O) groups is 1. The predicted molar refractivity (Wildman–Crippen MR) is 145 cm³/mol. The van der Waals surface area contributed by atoms with Gasteiger partial charge in [-0.25, -0.2) is 0 Å². The van der Waals surface area contributed by atoms with Gasteiger partial charge in [0.05, 0.1) is 0 Å². The van der Waals surface area contributed by atoms with Gasteiger partial charge in [-0.3, -0.25) is 0 Å². The molecule has 0 aliphatic heterocycles. The molecular weight excluding hydrogens is 501 g/mol. The normalized spacial score (nSPS) is 11.9. The number of aromatic nitrogens is 4. The molecule has 3 aromatic rings. The molecule has 0 bridgehead atoms. The molecule has 1 atom stereocenters. The van der Waals surface area contributed by atoms with Crippen LogP contribution in [0.15, 0.2) is 54.6 Å². The van der Waals surface area contributed by atoms with Gasteiger partial charge in [0.1, 0.15) is 0 Å². The van der Waals surface area contributed by atoms with Crippen LogP contribution >= 0.6 is 0 Å². The Kier molecular flexibility index (Phi) is 12.0. The molecule has 1 unspecified atom stereocenters. The van der Waals surface area contributed by atoms with Crippen molar-refractivity contribution in [2.75, 3.05) is 11.9 Å². The number of tetrazole rings is 1. The Hall–Kier alpha value is -2.50. The van der Waals surface area contributed by atoms with E-state index in [1.54, 1.807) is 4.68 Å². The number of hydrogen-bond acceptors (Lipinski definition) is 5. The topological polar surface area (TPSA) is 72.7 Å². The first kappa shape index (κ1) is 27.1. The van der Waals surface area contributed by atoms with Gasteiger partial charge in [-0.15, -0.1) is 0 Å². The van der Waals surface area contributed by atoms with Crippen LogP contribution in [0.25, 0.3) is 5.69 Å². The first-order valence-electron chi connectivity index (χ1n) is 13.1. The van der Waals surface area contributed by atoms with Gasteiger partial charge >= 0.3 is 171 Å². The molecule has 7 heteroatoms. The first-order valence-corrected chi connectivity index (χ1v) is 14.9. The molecule has 0 spiro atoms. The third-order valence-corrected chi connectivity index (χ3v) is 8.29. The monoisotopic (exact) mass is 541 g/mol. The minimum atomic E-state index is -0.178. The molecule has 0 amide bonds. The number of benzene rings is 2. The molecule has 0 aliphatic carbocycles. The summed E-state index contributed by atoms with van der Waals surface area (Å²) in [5.74, 6) is 0.133. The summed E-state index contributed by atoms with van der Waals surface area (Å²) >= 11 is -0.178. The number of carbonyl (C=O) groups excluding carboxylic acids is 1. The van der Waals surface area contributed by atoms with Gasteiger partial charge in [0.2, 0.25) is 0 Å². The van der Waals surface area contributed by atoms with Crippen molar-refractivity contribution >= 4 is 31.2 Å². The average molecular weight is 541 g/mol. The molecule has 0 radical (unpaired) electrons. The molecule has 0 fully saturated rings. The molecule has 188 valence electrons. The summed E-state index contributed by atoms with van der Waals surface area (Å²) in [6.45, 7) is 5.21. The van der Waals surface area contributed by atoms with Crippen molar-refractivity contribution in [3.05, 3.63) is 60.2 Å². The number of anilines is 1. The van der Waals surface area contributed by atoms with Crippen LogP contribution in [0.2, 0.25) is 4.82 Å². The van der Waals surface area contributed by atoms with E-state index in [2.05, 4.69) is 27.8 Å². The molecule has 3 rings (SSSR count). The summed E-state index contributed by atoms with van der Waals surface area (Å²) in [7, 11) is 0. The fraction of sp³-hybridized carbons (Fsp3) is 0.500. The van der Waals surface area contributed by atoms with E-state index >= 15 is 0 Å². The van der Waals surface area contributed by atoms with Gasteiger partial charge in [0.25, 0.3) is 0 Å². The molecule has 0 aliphatic rings. The van der Waals surface area contributed by atoms with Gasteiger partial charge < -0.3 is 0 Å². The fourth-order valence-electron chi connectivity index (χ4n) is 4.03. The molecule has 1 N–H and O–H groups in total. The molecule has 1 aromatic heterocycles. The van der Waals surface area contributed by atoms with Crippen LogP contribution in [0.5, 0.6) is 0 Å². The van der Waals surface area contributed by atoms with E-state index < -0.39 is 0 Å². The van der Waals surface area contributed by atoms with Crippen LogP contribution in [-0.2, 0) is 0 Å². The number of ketones is 1. The minimum absolute atomic E-state index is 0.133. The first-order chi connectivity index (χ1) is 17.2. The molecule has 2 aromatic carbocycles. The maximum atomic E-state index is 13.0. The van der Waals surface area contributed by atoms with Crippen molar-refractivity contribution in [1.82, 2.24) is 20.2 Å². The van der Waals surface area contributed by atoms with E-state index in [-0.39, 0.29) is 25.6 Å². The van der Waals surface area contributed by atoms with Crippen molar-refractivity contribution in [2.45, 2.75) is 82.9 Å². The fourth-order valence-corrected chi connectivity index (χ4v) is 5.88. The Morgan fingerprint density at radius 3 is 2.17 bits per heavy atom. The van der Waals surface area contributed by atoms with Gasteiger partial charge in [-0.05, 0) is 0 Å². The maximum absolute atomic E-state index is 13.0. The second kappa shape index (κ2) is 15.5. The summed E-state index contributed by atoms with van der Waals surface area (Å²) in [6.07, 6.45) is 13.4. The molecule has 1 heterocycles. The van der Waals surface area contributed by atoms with Crippen LogP contribution in [0, 0.1) is 0 Å². The summed E-state index contributed by atoms with van der Waals surface area (Å²) in [4.78, 5) is 12.9. The number of Topliss-reactive ketones (excluding diaryl/α,β-unsaturated/α-hetero) is 1. The van der Waals surface area contributed by atoms with E-state index in [4.69, 9.17) is 0 Å². The van der Waals surface area contributed by atoms with Gasteiger partial charge in [0, 0.05) is 0 Å². The summed E-state index contributed by atoms with van der Waals surface area (Å²) in [6, 6.07) is 17.7. The second-order valence-electron chi connectivity index (χ2n) is 9.02. The van der Waals surface area contributed by atoms with E-state index in [1.165, 1.54) is 64.2 Å². The van der Waals surface area contributed by atoms with Crippen molar-refractivity contribution in [1.29, 1.82) is 0 Å². The summed E-state index contributed by atoms with van der Waals surface area (Å²) < 4.78 is 2.48. The van der Waals surface area contributed by atoms with Crippen molar-refractivity contribution in [2.24, 2.45) is 0 Å². The zero-order valence-electron chi connectivity index (χ0n) is 21.2. The zero-order valence-corrected chi connectivity index (χ0v) is 22.9. The Labute approximate surface area is 216 Å². The standard InChI is InChI=1S/C28H39N5OSe/c1-3-4-5-6-7-8-9-10-11-15-22-29-25-20-18-24(19-21-25)27(34)23(2)35-28-30-31-32-33(28)26-16-13-12-14-17-26/h12-14,16-21,23,29H,3-11,15,22H2,1-2H3. The van der Waals surface area contributed by atoms with Crippen LogP contribution in [0.4, 0.5) is 5.69 Å². The summed E-state index contributed by atoms with van der Waals surface area (Å²) in [5.41, 5.74) is 2.72. The zero-order chi connectivity index (χ0) is 24.7. The number of nitrogens with one attached hydrogen (secondary N) is 1. The Morgan fingerprint density at radius 2 is 1.51 bits per heavy atom. The average Bonchev–Trinajstić information content (AvgIpc) is 3.35. The third-order valence-electron chi connectivity index (χ3n) is 6.12. The van der Waals surface area contributed by atoms with Crippen molar-refractivity contribution in [3.63, 3.8) is 0 Å². The Morgan fingerprint density at radius 1 is 0.886 bits per heavy atom. The number of rotatable bonds is 17. The molecule has 0 saturated carbocycles. The van der Waals surface area contributed by atoms with Crippen LogP contribution < -0.4 is 10.0 Å². The number of nitrogens with zero attached hydrogens (tertiary/aromatic N) is 4. The molecule has 35 heavy (non-hydrogen) atoms. The van der Waals surface area contributed by atoms with E-state index in [1.807, 2.05) is 61.5 Å². The van der Waals surface area contributed by atoms with Gasteiger partial charge in [-0.2, -0.15) is 0 Å². The van der Waals surface area contributed by atoms with Crippen LogP contribution in [0.1, 0.15) is 88.4 Å². The molecule has 0 saturated heterocycles. The van der Waals surface area contributed by atoms with Crippen LogP contribution in [-0.4, -0.2) is 47.5 Å².